The van der Waals surface area contributed by atoms with E-state index in [2.05, 4.69) is 36.3 Å². The summed E-state index contributed by atoms with van der Waals surface area (Å²) in [5, 5.41) is 3.58. The van der Waals surface area contributed by atoms with Crippen LogP contribution < -0.4 is 10.1 Å². The van der Waals surface area contributed by atoms with E-state index in [1.54, 1.807) is 7.11 Å². The third-order valence-electron chi connectivity index (χ3n) is 5.11. The molecule has 0 aromatic heterocycles. The second-order valence-corrected chi connectivity index (χ2v) is 6.26. The predicted molar refractivity (Wildman–Crippen MR) is 81.2 cm³/mol. The molecule has 1 unspecified atom stereocenters. The van der Waals surface area contributed by atoms with Gasteiger partial charge < -0.3 is 15.0 Å². The van der Waals surface area contributed by atoms with Crippen molar-refractivity contribution in [2.24, 2.45) is 5.92 Å². The maximum Gasteiger partial charge on any atom is 0.119 e. The maximum absolute atomic E-state index is 5.40. The second-order valence-electron chi connectivity index (χ2n) is 6.26. The first-order valence-electron chi connectivity index (χ1n) is 7.24. The van der Waals surface area contributed by atoms with Crippen LogP contribution in [0.4, 0.5) is 5.69 Å². The molecule has 0 spiro atoms. The van der Waals surface area contributed by atoms with Gasteiger partial charge in [-0.15, -0.1) is 0 Å². The van der Waals surface area contributed by atoms with Gasteiger partial charge in [0.2, 0.25) is 0 Å². The number of hydrogen-bond acceptors (Lipinski definition) is 3. The fraction of sp³-hybridized carbons (Fsp3) is 0.625. The van der Waals surface area contributed by atoms with E-state index in [1.165, 1.54) is 37.2 Å². The first kappa shape index (κ1) is 12.8. The van der Waals surface area contributed by atoms with Crippen LogP contribution in [0.3, 0.4) is 0 Å². The average Bonchev–Trinajstić information content (AvgIpc) is 2.78. The molecule has 3 nitrogen and oxygen atoms in total. The molecule has 0 aliphatic carbocycles. The topological polar surface area (TPSA) is 24.5 Å². The summed E-state index contributed by atoms with van der Waals surface area (Å²) in [6.07, 6.45) is 2.59. The zero-order valence-electron chi connectivity index (χ0n) is 12.2. The van der Waals surface area contributed by atoms with Gasteiger partial charge in [0, 0.05) is 19.1 Å². The average molecular weight is 262 g/mol. The van der Waals surface area contributed by atoms with Crippen LogP contribution in [0.25, 0.3) is 0 Å². The zero-order valence-corrected chi connectivity index (χ0v) is 12.2. The number of likely N-dealkylation sites (tertiary alicyclic amines) is 1. The van der Waals surface area contributed by atoms with E-state index >= 15 is 0 Å². The van der Waals surface area contributed by atoms with Gasteiger partial charge in [-0.2, -0.15) is 0 Å². The van der Waals surface area contributed by atoms with E-state index in [9.17, 15) is 0 Å². The molecule has 1 aromatic rings. The van der Waals surface area contributed by atoms with Crippen LogP contribution >= 0.6 is 0 Å². The molecule has 19 heavy (non-hydrogen) atoms. The van der Waals surface area contributed by atoms with Crippen LogP contribution in [0.1, 0.15) is 26.8 Å². The minimum absolute atomic E-state index is 0. The lowest BCUT2D eigenvalue weighted by atomic mass is 9.69. The first-order valence-corrected chi connectivity index (χ1v) is 7.24. The van der Waals surface area contributed by atoms with Crippen molar-refractivity contribution in [3.05, 3.63) is 23.8 Å². The molecule has 0 amide bonds. The van der Waals surface area contributed by atoms with E-state index in [1.807, 2.05) is 6.07 Å². The maximum atomic E-state index is 5.40. The summed E-state index contributed by atoms with van der Waals surface area (Å²) >= 11 is 0. The number of piperidine rings is 1. The Morgan fingerprint density at radius 1 is 1.37 bits per heavy atom. The molecule has 0 saturated carbocycles. The Labute approximate surface area is 117 Å². The molecule has 3 rings (SSSR count). The minimum atomic E-state index is 0. The van der Waals surface area contributed by atoms with Crippen molar-refractivity contribution in [1.29, 1.82) is 0 Å². The van der Waals surface area contributed by atoms with E-state index in [-0.39, 0.29) is 6.84 Å². The Bertz CT molecular complexity index is 472. The van der Waals surface area contributed by atoms with Gasteiger partial charge in [0.25, 0.3) is 0 Å². The smallest absolute Gasteiger partial charge is 0.119 e. The molecule has 2 aliphatic rings. The molecule has 2 aliphatic heterocycles. The highest BCUT2D eigenvalue weighted by Crippen LogP contribution is 2.46. The third-order valence-corrected chi connectivity index (χ3v) is 5.11. The summed E-state index contributed by atoms with van der Waals surface area (Å²) in [4.78, 5) is 2.44. The fourth-order valence-electron chi connectivity index (χ4n) is 3.66. The van der Waals surface area contributed by atoms with Gasteiger partial charge in [-0.05, 0) is 62.7 Å². The Balaban J connectivity index is 0.00000147. The molecule has 1 N–H and O–H groups in total. The number of nitrogens with one attached hydrogen (secondary N) is 1. The third kappa shape index (κ3) is 2.10. The number of benzene rings is 1. The lowest BCUT2D eigenvalue weighted by molar-refractivity contribution is 0.163. The molecule has 1 aromatic carbocycles. The van der Waals surface area contributed by atoms with Gasteiger partial charge in [-0.25, -0.2) is 0 Å². The molecular formula is C16H26N2O. The van der Waals surface area contributed by atoms with Crippen LogP contribution in [-0.4, -0.2) is 38.7 Å². The summed E-state index contributed by atoms with van der Waals surface area (Å²) < 4.78 is 5.40. The SMILES string of the molecule is COc1ccc2c(c1)C(C)(C1CCN(C)CC1)CN2.[HH]. The van der Waals surface area contributed by atoms with Crippen LogP contribution in [0.5, 0.6) is 5.75 Å². The van der Waals surface area contributed by atoms with Gasteiger partial charge in [-0.3, -0.25) is 0 Å². The summed E-state index contributed by atoms with van der Waals surface area (Å²) in [6.45, 7) is 5.92. The van der Waals surface area contributed by atoms with Crippen molar-refractivity contribution in [2.45, 2.75) is 25.2 Å². The lowest BCUT2D eigenvalue weighted by Gasteiger charge is -2.39. The van der Waals surface area contributed by atoms with Crippen molar-refractivity contribution >= 4 is 5.69 Å². The number of anilines is 1. The Kier molecular flexibility index (Phi) is 3.17. The highest BCUT2D eigenvalue weighted by Gasteiger charge is 2.42. The molecule has 1 fully saturated rings. The minimum Gasteiger partial charge on any atom is -0.497 e. The van der Waals surface area contributed by atoms with Gasteiger partial charge in [0.05, 0.1) is 7.11 Å². The van der Waals surface area contributed by atoms with Gasteiger partial charge >= 0.3 is 0 Å². The largest absolute Gasteiger partial charge is 0.497 e. The predicted octanol–water partition coefficient (Wildman–Crippen LogP) is 2.97. The number of methoxy groups -OCH3 is 1. The Hall–Kier alpha value is -1.22. The number of fused-ring (bicyclic) bond motifs is 1. The zero-order chi connectivity index (χ0) is 13.5. The highest BCUT2D eigenvalue weighted by molar-refractivity contribution is 5.62. The number of rotatable bonds is 2. The number of nitrogens with zero attached hydrogens (tertiary/aromatic N) is 1. The van der Waals surface area contributed by atoms with Crippen molar-refractivity contribution in [2.75, 3.05) is 39.1 Å². The Morgan fingerprint density at radius 2 is 2.11 bits per heavy atom. The van der Waals surface area contributed by atoms with Gasteiger partial charge in [0.1, 0.15) is 5.75 Å². The molecule has 1 saturated heterocycles. The van der Waals surface area contributed by atoms with Gasteiger partial charge in [-0.1, -0.05) is 6.92 Å². The van der Waals surface area contributed by atoms with Crippen molar-refractivity contribution in [3.63, 3.8) is 0 Å². The van der Waals surface area contributed by atoms with Crippen LogP contribution in [-0.2, 0) is 5.41 Å². The van der Waals surface area contributed by atoms with Crippen molar-refractivity contribution in [3.8, 4) is 5.75 Å². The molecule has 2 heterocycles. The fourth-order valence-corrected chi connectivity index (χ4v) is 3.66. The molecule has 0 radical (unpaired) electrons. The molecule has 0 bridgehead atoms. The number of hydrogen-bond donors (Lipinski definition) is 1. The second kappa shape index (κ2) is 4.71. The van der Waals surface area contributed by atoms with Crippen molar-refractivity contribution < 1.29 is 6.16 Å². The lowest BCUT2D eigenvalue weighted by Crippen LogP contribution is -2.41. The summed E-state index contributed by atoms with van der Waals surface area (Å²) in [5.41, 5.74) is 2.99. The summed E-state index contributed by atoms with van der Waals surface area (Å²) in [5.74, 6) is 1.74. The monoisotopic (exact) mass is 262 g/mol. The van der Waals surface area contributed by atoms with E-state index < -0.39 is 0 Å². The van der Waals surface area contributed by atoms with Gasteiger partial charge in [0.15, 0.2) is 0 Å². The molecule has 106 valence electrons. The van der Waals surface area contributed by atoms with E-state index in [4.69, 9.17) is 4.74 Å². The van der Waals surface area contributed by atoms with E-state index in [0.29, 0.717) is 0 Å². The summed E-state index contributed by atoms with van der Waals surface area (Å²) in [7, 11) is 3.97. The Morgan fingerprint density at radius 3 is 2.79 bits per heavy atom. The van der Waals surface area contributed by atoms with Crippen molar-refractivity contribution in [1.82, 2.24) is 4.90 Å². The highest BCUT2D eigenvalue weighted by atomic mass is 16.5. The number of ether oxygens (including phenoxy) is 1. The summed E-state index contributed by atoms with van der Waals surface area (Å²) in [6, 6.07) is 6.44. The van der Waals surface area contributed by atoms with Crippen LogP contribution in [0, 0.1) is 5.92 Å². The molecule has 1 atom stereocenters. The molecular weight excluding hydrogens is 236 g/mol. The standard InChI is InChI=1S/C16H24N2O.H2/c1-16(12-6-8-18(2)9-7-12)11-17-15-5-4-13(19-3)10-14(15)16;/h4-5,10,12,17H,6-9,11H2,1-3H3;1H. The molecule has 3 heteroatoms. The normalized spacial score (nSPS) is 27.9. The quantitative estimate of drug-likeness (QED) is 0.887. The first-order chi connectivity index (χ1) is 9.13. The van der Waals surface area contributed by atoms with Crippen LogP contribution in [0.15, 0.2) is 18.2 Å². The van der Waals surface area contributed by atoms with E-state index in [0.717, 1.165) is 18.2 Å². The van der Waals surface area contributed by atoms with Crippen LogP contribution in [0.2, 0.25) is 0 Å².